The van der Waals surface area contributed by atoms with Crippen LogP contribution in [0.3, 0.4) is 0 Å². The molecule has 4 rings (SSSR count). The van der Waals surface area contributed by atoms with Crippen molar-refractivity contribution in [2.45, 2.75) is 50.6 Å². The van der Waals surface area contributed by atoms with Crippen LogP contribution in [0.15, 0.2) is 119 Å². The summed E-state index contributed by atoms with van der Waals surface area (Å²) in [4.78, 5) is 29.9. The van der Waals surface area contributed by atoms with E-state index >= 15 is 0 Å². The number of sulfonamides is 1. The van der Waals surface area contributed by atoms with Crippen LogP contribution < -0.4 is 9.62 Å². The van der Waals surface area contributed by atoms with E-state index < -0.39 is 28.5 Å². The lowest BCUT2D eigenvalue weighted by atomic mass is 10.0. The van der Waals surface area contributed by atoms with Crippen molar-refractivity contribution < 1.29 is 18.0 Å². The number of hydrogen-bond donors (Lipinski definition) is 1. The van der Waals surface area contributed by atoms with Crippen LogP contribution >= 0.6 is 15.9 Å². The van der Waals surface area contributed by atoms with Gasteiger partial charge in [0, 0.05) is 24.0 Å². The highest BCUT2D eigenvalue weighted by Gasteiger charge is 2.34. The molecule has 44 heavy (non-hydrogen) atoms. The summed E-state index contributed by atoms with van der Waals surface area (Å²) in [7, 11) is -4.12. The minimum Gasteiger partial charge on any atom is -0.354 e. The molecule has 4 aromatic rings. The normalized spacial score (nSPS) is 11.9. The van der Waals surface area contributed by atoms with Gasteiger partial charge in [0.05, 0.1) is 10.6 Å². The second kappa shape index (κ2) is 15.7. The first-order chi connectivity index (χ1) is 21.2. The molecule has 1 atom stereocenters. The van der Waals surface area contributed by atoms with Gasteiger partial charge in [0.25, 0.3) is 10.0 Å². The maximum atomic E-state index is 14.5. The molecule has 0 saturated carbocycles. The van der Waals surface area contributed by atoms with E-state index in [0.29, 0.717) is 12.2 Å². The van der Waals surface area contributed by atoms with Crippen molar-refractivity contribution in [3.8, 4) is 0 Å². The standard InChI is InChI=1S/C35H38BrN3O4S/c1-3-4-21-37-35(41)33(24-28-14-7-5-8-15-28)38(25-29-16-12-17-30(36)23-29)34(40)26-39(31-18-11-13-27(2)22-31)44(42,43)32-19-9-6-10-20-32/h5-20,22-23,33H,3-4,21,24-26H2,1-2H3,(H,37,41). The van der Waals surface area contributed by atoms with Crippen molar-refractivity contribution in [1.82, 2.24) is 10.2 Å². The number of anilines is 1. The monoisotopic (exact) mass is 675 g/mol. The number of amides is 2. The van der Waals surface area contributed by atoms with Crippen LogP contribution in [0.2, 0.25) is 0 Å². The molecule has 0 aromatic heterocycles. The number of benzene rings is 4. The molecule has 4 aromatic carbocycles. The van der Waals surface area contributed by atoms with Crippen molar-refractivity contribution in [1.29, 1.82) is 0 Å². The Bertz CT molecular complexity index is 1650. The highest BCUT2D eigenvalue weighted by Crippen LogP contribution is 2.26. The Kier molecular flexibility index (Phi) is 11.7. The van der Waals surface area contributed by atoms with Gasteiger partial charge in [-0.1, -0.05) is 102 Å². The molecule has 0 aliphatic heterocycles. The second-order valence-corrected chi connectivity index (χ2v) is 13.4. The van der Waals surface area contributed by atoms with E-state index in [0.717, 1.165) is 38.3 Å². The molecule has 230 valence electrons. The third kappa shape index (κ3) is 8.80. The predicted octanol–water partition coefficient (Wildman–Crippen LogP) is 6.51. The summed E-state index contributed by atoms with van der Waals surface area (Å²) < 4.78 is 30.1. The number of carbonyl (C=O) groups excluding carboxylic acids is 2. The molecule has 0 heterocycles. The molecular formula is C35H38BrN3O4S. The van der Waals surface area contributed by atoms with Crippen molar-refractivity contribution in [3.05, 3.63) is 130 Å². The summed E-state index contributed by atoms with van der Waals surface area (Å²) in [6, 6.07) is 31.3. The fourth-order valence-electron chi connectivity index (χ4n) is 4.92. The highest BCUT2D eigenvalue weighted by atomic mass is 79.9. The van der Waals surface area contributed by atoms with Crippen LogP contribution in [0, 0.1) is 6.92 Å². The van der Waals surface area contributed by atoms with Gasteiger partial charge in [-0.2, -0.15) is 0 Å². The van der Waals surface area contributed by atoms with E-state index in [1.807, 2.05) is 74.5 Å². The number of hydrogen-bond acceptors (Lipinski definition) is 4. The Balaban J connectivity index is 1.78. The molecule has 0 saturated heterocycles. The first-order valence-electron chi connectivity index (χ1n) is 14.7. The van der Waals surface area contributed by atoms with Gasteiger partial charge < -0.3 is 10.2 Å². The number of halogens is 1. The minimum absolute atomic E-state index is 0.0750. The van der Waals surface area contributed by atoms with E-state index in [-0.39, 0.29) is 23.8 Å². The van der Waals surface area contributed by atoms with Gasteiger partial charge in [-0.25, -0.2) is 8.42 Å². The van der Waals surface area contributed by atoms with Crippen molar-refractivity contribution in [3.63, 3.8) is 0 Å². The summed E-state index contributed by atoms with van der Waals surface area (Å²) in [5.74, 6) is -0.767. The third-order valence-electron chi connectivity index (χ3n) is 7.24. The molecule has 0 aliphatic carbocycles. The van der Waals surface area contributed by atoms with E-state index in [4.69, 9.17) is 0 Å². The van der Waals surface area contributed by atoms with Crippen LogP contribution in [-0.2, 0) is 32.6 Å². The Hall–Kier alpha value is -3.95. The zero-order valence-electron chi connectivity index (χ0n) is 25.0. The smallest absolute Gasteiger partial charge is 0.264 e. The SMILES string of the molecule is CCCCNC(=O)C(Cc1ccccc1)N(Cc1cccc(Br)c1)C(=O)CN(c1cccc(C)c1)S(=O)(=O)c1ccccc1. The predicted molar refractivity (Wildman–Crippen MR) is 179 cm³/mol. The lowest BCUT2D eigenvalue weighted by molar-refractivity contribution is -0.140. The van der Waals surface area contributed by atoms with Crippen molar-refractivity contribution >= 4 is 43.5 Å². The van der Waals surface area contributed by atoms with Gasteiger partial charge in [0.1, 0.15) is 12.6 Å². The van der Waals surface area contributed by atoms with Crippen LogP contribution in [-0.4, -0.2) is 44.3 Å². The van der Waals surface area contributed by atoms with E-state index in [1.165, 1.54) is 17.0 Å². The number of nitrogens with one attached hydrogen (secondary N) is 1. The Labute approximate surface area is 269 Å². The van der Waals surface area contributed by atoms with Gasteiger partial charge in [-0.3, -0.25) is 13.9 Å². The van der Waals surface area contributed by atoms with Gasteiger partial charge >= 0.3 is 0 Å². The summed E-state index contributed by atoms with van der Waals surface area (Å²) in [5, 5.41) is 3.01. The molecule has 1 unspecified atom stereocenters. The maximum Gasteiger partial charge on any atom is 0.264 e. The van der Waals surface area contributed by atoms with E-state index in [2.05, 4.69) is 21.2 Å². The second-order valence-electron chi connectivity index (χ2n) is 10.7. The number of rotatable bonds is 14. The Morgan fingerprint density at radius 3 is 2.16 bits per heavy atom. The Morgan fingerprint density at radius 1 is 0.841 bits per heavy atom. The molecule has 1 N–H and O–H groups in total. The minimum atomic E-state index is -4.12. The zero-order chi connectivity index (χ0) is 31.5. The quantitative estimate of drug-likeness (QED) is 0.154. The average Bonchev–Trinajstić information content (AvgIpc) is 3.02. The first-order valence-corrected chi connectivity index (χ1v) is 16.9. The third-order valence-corrected chi connectivity index (χ3v) is 9.52. The summed E-state index contributed by atoms with van der Waals surface area (Å²) in [5.41, 5.74) is 2.92. The van der Waals surface area contributed by atoms with Gasteiger partial charge in [-0.15, -0.1) is 0 Å². The largest absolute Gasteiger partial charge is 0.354 e. The van der Waals surface area contributed by atoms with Gasteiger partial charge in [-0.05, 0) is 66.4 Å². The lowest BCUT2D eigenvalue weighted by Crippen LogP contribution is -2.53. The number of nitrogens with zero attached hydrogens (tertiary/aromatic N) is 2. The highest BCUT2D eigenvalue weighted by molar-refractivity contribution is 9.10. The van der Waals surface area contributed by atoms with Crippen LogP contribution in [0.5, 0.6) is 0 Å². The number of unbranched alkanes of at least 4 members (excludes halogenated alkanes) is 1. The molecule has 0 fully saturated rings. The molecule has 0 bridgehead atoms. The molecule has 0 aliphatic rings. The van der Waals surface area contributed by atoms with Crippen molar-refractivity contribution in [2.75, 3.05) is 17.4 Å². The summed E-state index contributed by atoms with van der Waals surface area (Å²) >= 11 is 3.51. The van der Waals surface area contributed by atoms with Crippen molar-refractivity contribution in [2.24, 2.45) is 0 Å². The molecule has 9 heteroatoms. The summed E-state index contributed by atoms with van der Waals surface area (Å²) in [6.07, 6.45) is 1.99. The average molecular weight is 677 g/mol. The first kappa shape index (κ1) is 33.0. The van der Waals surface area contributed by atoms with Gasteiger partial charge in [0.2, 0.25) is 11.8 Å². The topological polar surface area (TPSA) is 86.8 Å². The molecule has 2 amide bonds. The summed E-state index contributed by atoms with van der Waals surface area (Å²) in [6.45, 7) is 4.03. The fraction of sp³-hybridized carbons (Fsp3) is 0.257. The van der Waals surface area contributed by atoms with Crippen LogP contribution in [0.4, 0.5) is 5.69 Å². The number of aryl methyl sites for hydroxylation is 1. The Morgan fingerprint density at radius 2 is 1.50 bits per heavy atom. The maximum absolute atomic E-state index is 14.5. The van der Waals surface area contributed by atoms with Crippen LogP contribution in [0.1, 0.15) is 36.5 Å². The zero-order valence-corrected chi connectivity index (χ0v) is 27.4. The molecular weight excluding hydrogens is 638 g/mol. The molecule has 0 spiro atoms. The molecule has 0 radical (unpaired) electrons. The van der Waals surface area contributed by atoms with Crippen LogP contribution in [0.25, 0.3) is 0 Å². The lowest BCUT2D eigenvalue weighted by Gasteiger charge is -2.34. The fourth-order valence-corrected chi connectivity index (χ4v) is 6.80. The van der Waals surface area contributed by atoms with Gasteiger partial charge in [0.15, 0.2) is 0 Å². The van der Waals surface area contributed by atoms with E-state index in [1.54, 1.807) is 36.4 Å². The molecule has 7 nitrogen and oxygen atoms in total. The van der Waals surface area contributed by atoms with E-state index in [9.17, 15) is 18.0 Å². The number of carbonyl (C=O) groups is 2.